The largest absolute Gasteiger partial charge is 0.335 e. The summed E-state index contributed by atoms with van der Waals surface area (Å²) < 4.78 is 0. The predicted octanol–water partition coefficient (Wildman–Crippen LogP) is 1.54. The van der Waals surface area contributed by atoms with E-state index in [1.807, 2.05) is 18.5 Å². The van der Waals surface area contributed by atoms with Crippen molar-refractivity contribution >= 4 is 5.95 Å². The summed E-state index contributed by atoms with van der Waals surface area (Å²) in [6, 6.07) is 3.11. The SMILES string of the molecule is CC1C2CCCCN2CCN1c1ncccn1. The third-order valence-electron chi connectivity index (χ3n) is 4.15. The number of piperidine rings is 1. The van der Waals surface area contributed by atoms with Gasteiger partial charge in [-0.25, -0.2) is 9.97 Å². The van der Waals surface area contributed by atoms with Gasteiger partial charge in [0.25, 0.3) is 0 Å². The van der Waals surface area contributed by atoms with Crippen LogP contribution in [0.4, 0.5) is 5.95 Å². The van der Waals surface area contributed by atoms with Crippen LogP contribution in [-0.2, 0) is 0 Å². The number of hydrogen-bond acceptors (Lipinski definition) is 4. The molecule has 0 radical (unpaired) electrons. The minimum absolute atomic E-state index is 0.534. The molecular weight excluding hydrogens is 212 g/mol. The summed E-state index contributed by atoms with van der Waals surface area (Å²) in [5, 5.41) is 0. The van der Waals surface area contributed by atoms with Crippen LogP contribution in [0.5, 0.6) is 0 Å². The number of nitrogens with zero attached hydrogens (tertiary/aromatic N) is 4. The molecule has 2 saturated heterocycles. The quantitative estimate of drug-likeness (QED) is 0.735. The fourth-order valence-corrected chi connectivity index (χ4v) is 3.21. The summed E-state index contributed by atoms with van der Waals surface area (Å²) >= 11 is 0. The first-order chi connectivity index (χ1) is 8.36. The van der Waals surface area contributed by atoms with Crippen molar-refractivity contribution in [2.75, 3.05) is 24.5 Å². The van der Waals surface area contributed by atoms with E-state index in [1.54, 1.807) is 0 Å². The third-order valence-corrected chi connectivity index (χ3v) is 4.15. The summed E-state index contributed by atoms with van der Waals surface area (Å²) in [5.74, 6) is 0.894. The molecule has 0 aromatic carbocycles. The molecule has 0 saturated carbocycles. The van der Waals surface area contributed by atoms with E-state index in [2.05, 4.69) is 26.7 Å². The summed E-state index contributed by atoms with van der Waals surface area (Å²) in [4.78, 5) is 13.8. The Morgan fingerprint density at radius 2 is 1.94 bits per heavy atom. The van der Waals surface area contributed by atoms with Crippen molar-refractivity contribution in [1.82, 2.24) is 14.9 Å². The number of rotatable bonds is 1. The Labute approximate surface area is 103 Å². The molecule has 4 nitrogen and oxygen atoms in total. The van der Waals surface area contributed by atoms with E-state index in [1.165, 1.54) is 25.8 Å². The van der Waals surface area contributed by atoms with Crippen LogP contribution in [0.3, 0.4) is 0 Å². The molecular formula is C13H20N4. The average Bonchev–Trinajstić information content (AvgIpc) is 2.40. The van der Waals surface area contributed by atoms with Gasteiger partial charge in [-0.15, -0.1) is 0 Å². The predicted molar refractivity (Wildman–Crippen MR) is 68.1 cm³/mol. The second kappa shape index (κ2) is 4.61. The molecule has 0 bridgehead atoms. The van der Waals surface area contributed by atoms with E-state index in [4.69, 9.17) is 0 Å². The lowest BCUT2D eigenvalue weighted by Gasteiger charge is -2.48. The van der Waals surface area contributed by atoms with E-state index >= 15 is 0 Å². The van der Waals surface area contributed by atoms with Crippen molar-refractivity contribution in [2.24, 2.45) is 0 Å². The smallest absolute Gasteiger partial charge is 0.225 e. The molecule has 0 amide bonds. The second-order valence-electron chi connectivity index (χ2n) is 5.08. The average molecular weight is 232 g/mol. The van der Waals surface area contributed by atoms with Crippen LogP contribution in [0.25, 0.3) is 0 Å². The van der Waals surface area contributed by atoms with Gasteiger partial charge >= 0.3 is 0 Å². The summed E-state index contributed by atoms with van der Waals surface area (Å²) in [7, 11) is 0. The Morgan fingerprint density at radius 3 is 2.76 bits per heavy atom. The highest BCUT2D eigenvalue weighted by Gasteiger charge is 2.35. The van der Waals surface area contributed by atoms with Crippen LogP contribution in [0.15, 0.2) is 18.5 Å². The van der Waals surface area contributed by atoms with E-state index in [9.17, 15) is 0 Å². The molecule has 1 aromatic rings. The molecule has 4 heteroatoms. The molecule has 2 aliphatic heterocycles. The highest BCUT2D eigenvalue weighted by atomic mass is 15.4. The number of hydrogen-bond donors (Lipinski definition) is 0. The minimum atomic E-state index is 0.534. The lowest BCUT2D eigenvalue weighted by molar-refractivity contribution is 0.105. The molecule has 2 unspecified atom stereocenters. The minimum Gasteiger partial charge on any atom is -0.335 e. The van der Waals surface area contributed by atoms with Crippen molar-refractivity contribution in [3.63, 3.8) is 0 Å². The highest BCUT2D eigenvalue weighted by Crippen LogP contribution is 2.27. The zero-order valence-corrected chi connectivity index (χ0v) is 10.4. The van der Waals surface area contributed by atoms with E-state index in [-0.39, 0.29) is 0 Å². The van der Waals surface area contributed by atoms with Gasteiger partial charge in [0.1, 0.15) is 0 Å². The Morgan fingerprint density at radius 1 is 1.12 bits per heavy atom. The van der Waals surface area contributed by atoms with Crippen LogP contribution in [0.2, 0.25) is 0 Å². The van der Waals surface area contributed by atoms with Gasteiger partial charge in [-0.3, -0.25) is 4.90 Å². The molecule has 2 atom stereocenters. The van der Waals surface area contributed by atoms with Crippen molar-refractivity contribution in [2.45, 2.75) is 38.3 Å². The maximum atomic E-state index is 4.39. The molecule has 17 heavy (non-hydrogen) atoms. The molecule has 0 N–H and O–H groups in total. The zero-order chi connectivity index (χ0) is 11.7. The van der Waals surface area contributed by atoms with Gasteiger partial charge in [0.05, 0.1) is 0 Å². The zero-order valence-electron chi connectivity index (χ0n) is 10.4. The number of aromatic nitrogens is 2. The number of fused-ring (bicyclic) bond motifs is 1. The van der Waals surface area contributed by atoms with Gasteiger partial charge in [0.15, 0.2) is 0 Å². The first-order valence-corrected chi connectivity index (χ1v) is 6.64. The van der Waals surface area contributed by atoms with Gasteiger partial charge in [-0.2, -0.15) is 0 Å². The topological polar surface area (TPSA) is 32.3 Å². The van der Waals surface area contributed by atoms with Crippen LogP contribution in [0, 0.1) is 0 Å². The fraction of sp³-hybridized carbons (Fsp3) is 0.692. The first-order valence-electron chi connectivity index (χ1n) is 6.64. The maximum Gasteiger partial charge on any atom is 0.225 e. The molecule has 1 aromatic heterocycles. The van der Waals surface area contributed by atoms with Crippen LogP contribution in [-0.4, -0.2) is 46.6 Å². The molecule has 2 aliphatic rings. The maximum absolute atomic E-state index is 4.39. The first kappa shape index (κ1) is 11.0. The van der Waals surface area contributed by atoms with E-state index in [0.717, 1.165) is 19.0 Å². The summed E-state index contributed by atoms with van der Waals surface area (Å²) in [6.45, 7) is 5.81. The Bertz CT molecular complexity index is 367. The lowest BCUT2D eigenvalue weighted by Crippen LogP contribution is -2.60. The Balaban J connectivity index is 1.79. The fourth-order valence-electron chi connectivity index (χ4n) is 3.21. The molecule has 0 aliphatic carbocycles. The van der Waals surface area contributed by atoms with Crippen LogP contribution in [0.1, 0.15) is 26.2 Å². The Hall–Kier alpha value is -1.16. The van der Waals surface area contributed by atoms with Crippen molar-refractivity contribution in [3.8, 4) is 0 Å². The standard InChI is InChI=1S/C13H20N4/c1-11-12-5-2-3-8-16(12)9-10-17(11)13-14-6-4-7-15-13/h4,6-7,11-12H,2-3,5,8-10H2,1H3. The summed E-state index contributed by atoms with van der Waals surface area (Å²) in [5.41, 5.74) is 0. The third kappa shape index (κ3) is 2.02. The second-order valence-corrected chi connectivity index (χ2v) is 5.08. The normalized spacial score (nSPS) is 30.1. The van der Waals surface area contributed by atoms with E-state index in [0.29, 0.717) is 12.1 Å². The molecule has 3 rings (SSSR count). The number of anilines is 1. The van der Waals surface area contributed by atoms with Crippen LogP contribution < -0.4 is 4.90 Å². The van der Waals surface area contributed by atoms with Crippen molar-refractivity contribution in [1.29, 1.82) is 0 Å². The lowest BCUT2D eigenvalue weighted by atomic mass is 9.93. The van der Waals surface area contributed by atoms with E-state index < -0.39 is 0 Å². The van der Waals surface area contributed by atoms with Gasteiger partial charge in [0.2, 0.25) is 5.95 Å². The van der Waals surface area contributed by atoms with Gasteiger partial charge in [-0.1, -0.05) is 6.42 Å². The molecule has 92 valence electrons. The highest BCUT2D eigenvalue weighted by molar-refractivity contribution is 5.32. The summed E-state index contributed by atoms with van der Waals surface area (Å²) in [6.07, 6.45) is 7.73. The van der Waals surface area contributed by atoms with Gasteiger partial charge in [-0.05, 0) is 32.4 Å². The van der Waals surface area contributed by atoms with Gasteiger partial charge < -0.3 is 4.90 Å². The Kier molecular flexibility index (Phi) is 2.97. The van der Waals surface area contributed by atoms with Crippen molar-refractivity contribution in [3.05, 3.63) is 18.5 Å². The van der Waals surface area contributed by atoms with Crippen molar-refractivity contribution < 1.29 is 0 Å². The molecule has 2 fully saturated rings. The van der Waals surface area contributed by atoms with Crippen LogP contribution >= 0.6 is 0 Å². The monoisotopic (exact) mass is 232 g/mol. The number of piperazine rings is 1. The van der Waals surface area contributed by atoms with Gasteiger partial charge in [0, 0.05) is 37.6 Å². The molecule has 3 heterocycles. The molecule has 0 spiro atoms.